The molecule has 4 rings (SSSR count). The number of rotatable bonds is 4. The largest absolute Gasteiger partial charge is 0.334 e. The maximum Gasteiger partial charge on any atom is 0.317 e. The minimum atomic E-state index is 0.0274. The molecule has 1 aromatic carbocycles. The summed E-state index contributed by atoms with van der Waals surface area (Å²) in [6, 6.07) is 9.37. The van der Waals surface area contributed by atoms with Crippen molar-refractivity contribution in [2.75, 3.05) is 19.6 Å². The lowest BCUT2D eigenvalue weighted by atomic mass is 9.98. The van der Waals surface area contributed by atoms with Gasteiger partial charge in [-0.25, -0.2) is 9.48 Å². The first kappa shape index (κ1) is 18.0. The first-order chi connectivity index (χ1) is 13.1. The van der Waals surface area contributed by atoms with Crippen LogP contribution in [0.2, 0.25) is 0 Å². The average molecular weight is 367 g/mol. The van der Waals surface area contributed by atoms with Crippen molar-refractivity contribution >= 4 is 6.03 Å². The van der Waals surface area contributed by atoms with E-state index in [1.807, 2.05) is 40.2 Å². The Morgan fingerprint density at radius 2 is 2.07 bits per heavy atom. The van der Waals surface area contributed by atoms with Crippen LogP contribution in [0.1, 0.15) is 37.3 Å². The number of urea groups is 1. The van der Waals surface area contributed by atoms with Crippen LogP contribution >= 0.6 is 0 Å². The molecular weight excluding hydrogens is 338 g/mol. The normalized spacial score (nSPS) is 21.1. The summed E-state index contributed by atoms with van der Waals surface area (Å²) in [5.41, 5.74) is 3.25. The molecule has 1 atom stereocenters. The lowest BCUT2D eigenvalue weighted by molar-refractivity contribution is 0.0169. The third kappa shape index (κ3) is 3.86. The second-order valence-electron chi connectivity index (χ2n) is 7.88. The number of carbonyl (C=O) groups is 1. The van der Waals surface area contributed by atoms with Crippen LogP contribution in [0.25, 0.3) is 5.69 Å². The van der Waals surface area contributed by atoms with Crippen molar-refractivity contribution in [2.24, 2.45) is 0 Å². The van der Waals surface area contributed by atoms with Gasteiger partial charge in [-0.2, -0.15) is 5.10 Å². The predicted octanol–water partition coefficient (Wildman–Crippen LogP) is 2.95. The Morgan fingerprint density at radius 3 is 2.85 bits per heavy atom. The van der Waals surface area contributed by atoms with Crippen molar-refractivity contribution in [1.82, 2.24) is 24.9 Å². The summed E-state index contributed by atoms with van der Waals surface area (Å²) in [5, 5.41) is 7.46. The maximum absolute atomic E-state index is 12.4. The fourth-order valence-electron chi connectivity index (χ4n) is 4.19. The molecule has 2 fully saturated rings. The number of nitrogens with zero attached hydrogens (tertiary/aromatic N) is 4. The van der Waals surface area contributed by atoms with Gasteiger partial charge in [0.05, 0.1) is 11.9 Å². The number of nitrogens with one attached hydrogen (secondary N) is 1. The highest BCUT2D eigenvalue weighted by molar-refractivity contribution is 5.75. The summed E-state index contributed by atoms with van der Waals surface area (Å²) in [6.45, 7) is 7.76. The summed E-state index contributed by atoms with van der Waals surface area (Å²) in [4.78, 5) is 16.9. The van der Waals surface area contributed by atoms with Crippen molar-refractivity contribution in [1.29, 1.82) is 0 Å². The van der Waals surface area contributed by atoms with Gasteiger partial charge in [0, 0.05) is 43.5 Å². The zero-order valence-electron chi connectivity index (χ0n) is 16.3. The molecule has 0 saturated carbocycles. The second-order valence-corrected chi connectivity index (χ2v) is 7.88. The zero-order chi connectivity index (χ0) is 18.8. The Labute approximate surface area is 161 Å². The zero-order valence-corrected chi connectivity index (χ0v) is 16.3. The van der Waals surface area contributed by atoms with Crippen molar-refractivity contribution in [3.05, 3.63) is 47.8 Å². The van der Waals surface area contributed by atoms with Crippen LogP contribution in [0.4, 0.5) is 4.79 Å². The highest BCUT2D eigenvalue weighted by Gasteiger charge is 2.37. The van der Waals surface area contributed by atoms with Gasteiger partial charge >= 0.3 is 6.03 Å². The van der Waals surface area contributed by atoms with Gasteiger partial charge in [-0.1, -0.05) is 24.6 Å². The molecule has 1 unspecified atom stereocenters. The molecule has 2 aliphatic heterocycles. The van der Waals surface area contributed by atoms with E-state index in [2.05, 4.69) is 35.2 Å². The standard InChI is InChI=1S/C21H29N5O/c1-16-7-3-4-9-20(16)26-13-18(12-23-26)11-22-21(27)24-14-19(15-24)25-10-6-5-8-17(25)2/h3-4,7,9,12-13,17,19H,5-6,8,10-11,14-15H2,1-2H3,(H,22,27). The van der Waals surface area contributed by atoms with E-state index in [1.165, 1.54) is 31.4 Å². The fraction of sp³-hybridized carbons (Fsp3) is 0.524. The van der Waals surface area contributed by atoms with Crippen LogP contribution in [-0.4, -0.2) is 57.3 Å². The number of carbonyl (C=O) groups excluding carboxylic acids is 1. The predicted molar refractivity (Wildman–Crippen MR) is 106 cm³/mol. The second kappa shape index (κ2) is 7.72. The SMILES string of the molecule is Cc1ccccc1-n1cc(CNC(=O)N2CC(N3CCCCC3C)C2)cn1. The molecule has 1 N–H and O–H groups in total. The van der Waals surface area contributed by atoms with Gasteiger partial charge in [-0.3, -0.25) is 4.90 Å². The molecule has 0 aliphatic carbocycles. The van der Waals surface area contributed by atoms with Gasteiger partial charge in [0.2, 0.25) is 0 Å². The first-order valence-corrected chi connectivity index (χ1v) is 10.00. The van der Waals surface area contributed by atoms with Crippen LogP contribution in [0.5, 0.6) is 0 Å². The molecule has 6 heteroatoms. The third-order valence-electron chi connectivity index (χ3n) is 5.91. The quantitative estimate of drug-likeness (QED) is 0.904. The molecule has 6 nitrogen and oxygen atoms in total. The van der Waals surface area contributed by atoms with Gasteiger partial charge in [0.15, 0.2) is 0 Å². The number of aryl methyl sites for hydroxylation is 1. The number of para-hydroxylation sites is 1. The number of likely N-dealkylation sites (tertiary alicyclic amines) is 2. The Morgan fingerprint density at radius 1 is 1.26 bits per heavy atom. The number of hydrogen-bond acceptors (Lipinski definition) is 3. The number of piperidine rings is 1. The van der Waals surface area contributed by atoms with E-state index in [1.54, 1.807) is 0 Å². The molecule has 2 saturated heterocycles. The molecule has 0 bridgehead atoms. The van der Waals surface area contributed by atoms with E-state index < -0.39 is 0 Å². The molecule has 27 heavy (non-hydrogen) atoms. The topological polar surface area (TPSA) is 53.4 Å². The van der Waals surface area contributed by atoms with E-state index in [9.17, 15) is 4.79 Å². The van der Waals surface area contributed by atoms with Crippen LogP contribution in [0.15, 0.2) is 36.7 Å². The summed E-state index contributed by atoms with van der Waals surface area (Å²) in [7, 11) is 0. The van der Waals surface area contributed by atoms with Gasteiger partial charge < -0.3 is 10.2 Å². The van der Waals surface area contributed by atoms with Crippen molar-refractivity contribution in [3.8, 4) is 5.69 Å². The molecule has 0 radical (unpaired) electrons. The Kier molecular flexibility index (Phi) is 5.16. The van der Waals surface area contributed by atoms with E-state index in [4.69, 9.17) is 0 Å². The summed E-state index contributed by atoms with van der Waals surface area (Å²) < 4.78 is 1.87. The van der Waals surface area contributed by atoms with Gasteiger partial charge in [0.25, 0.3) is 0 Å². The smallest absolute Gasteiger partial charge is 0.317 e. The molecule has 0 spiro atoms. The fourth-order valence-corrected chi connectivity index (χ4v) is 4.19. The Balaban J connectivity index is 1.26. The molecule has 3 heterocycles. The van der Waals surface area contributed by atoms with E-state index in [0.29, 0.717) is 18.6 Å². The molecule has 2 aromatic rings. The van der Waals surface area contributed by atoms with Gasteiger partial charge in [0.1, 0.15) is 0 Å². The highest BCUT2D eigenvalue weighted by atomic mass is 16.2. The number of benzene rings is 1. The van der Waals surface area contributed by atoms with Crippen molar-refractivity contribution in [2.45, 2.75) is 51.7 Å². The number of aromatic nitrogens is 2. The lowest BCUT2D eigenvalue weighted by Gasteiger charge is -2.49. The number of hydrogen-bond donors (Lipinski definition) is 1. The van der Waals surface area contributed by atoms with E-state index in [-0.39, 0.29) is 6.03 Å². The van der Waals surface area contributed by atoms with Crippen LogP contribution in [0.3, 0.4) is 0 Å². The summed E-state index contributed by atoms with van der Waals surface area (Å²) in [6.07, 6.45) is 7.72. The molecule has 2 amide bonds. The summed E-state index contributed by atoms with van der Waals surface area (Å²) in [5.74, 6) is 0. The van der Waals surface area contributed by atoms with Crippen LogP contribution in [0, 0.1) is 6.92 Å². The van der Waals surface area contributed by atoms with Crippen LogP contribution in [-0.2, 0) is 6.54 Å². The lowest BCUT2D eigenvalue weighted by Crippen LogP contribution is -2.64. The highest BCUT2D eigenvalue weighted by Crippen LogP contribution is 2.24. The monoisotopic (exact) mass is 367 g/mol. The molecular formula is C21H29N5O. The maximum atomic E-state index is 12.4. The number of amides is 2. The van der Waals surface area contributed by atoms with Gasteiger partial charge in [-0.15, -0.1) is 0 Å². The van der Waals surface area contributed by atoms with Crippen LogP contribution < -0.4 is 5.32 Å². The van der Waals surface area contributed by atoms with Gasteiger partial charge in [-0.05, 0) is 44.9 Å². The molecule has 2 aliphatic rings. The molecule has 144 valence electrons. The van der Waals surface area contributed by atoms with E-state index >= 15 is 0 Å². The third-order valence-corrected chi connectivity index (χ3v) is 5.91. The Hall–Kier alpha value is -2.34. The van der Waals surface area contributed by atoms with E-state index in [0.717, 1.165) is 24.3 Å². The Bertz CT molecular complexity index is 795. The first-order valence-electron chi connectivity index (χ1n) is 10.00. The minimum Gasteiger partial charge on any atom is -0.334 e. The molecule has 1 aromatic heterocycles. The summed E-state index contributed by atoms with van der Waals surface area (Å²) >= 11 is 0. The average Bonchev–Trinajstić information content (AvgIpc) is 3.09. The van der Waals surface area contributed by atoms with Crippen molar-refractivity contribution < 1.29 is 4.79 Å². The van der Waals surface area contributed by atoms with Crippen molar-refractivity contribution in [3.63, 3.8) is 0 Å². The minimum absolute atomic E-state index is 0.0274.